The molecule has 4 fully saturated rings. The van der Waals surface area contributed by atoms with Crippen LogP contribution in [0.15, 0.2) is 16.1 Å². The van der Waals surface area contributed by atoms with E-state index in [1.54, 1.807) is 0 Å². The zero-order valence-corrected chi connectivity index (χ0v) is 24.8. The fourth-order valence-corrected chi connectivity index (χ4v) is 10.5. The number of guanidine groups is 1. The van der Waals surface area contributed by atoms with Crippen molar-refractivity contribution in [2.75, 3.05) is 53.0 Å². The number of carboxylic acid groups (broad SMARTS) is 1. The average Bonchev–Trinajstić information content (AvgIpc) is 3.33. The number of rotatable bonds is 8. The smallest absolute Gasteiger partial charge is 0.296 e. The van der Waals surface area contributed by atoms with Crippen molar-refractivity contribution >= 4 is 11.9 Å². The van der Waals surface area contributed by atoms with Crippen LogP contribution in [0.3, 0.4) is 0 Å². The van der Waals surface area contributed by atoms with Crippen molar-refractivity contribution in [3.05, 3.63) is 11.1 Å². The average molecular weight is 569 g/mol. The number of carbonyl (C=O) groups is 1. The van der Waals surface area contributed by atoms with Gasteiger partial charge < -0.3 is 35.5 Å². The summed E-state index contributed by atoms with van der Waals surface area (Å²) in [6.07, 6.45) is 8.26. The summed E-state index contributed by atoms with van der Waals surface area (Å²) in [5.74, 6) is 7.39. The van der Waals surface area contributed by atoms with Gasteiger partial charge in [-0.15, -0.1) is 0 Å². The Morgan fingerprint density at radius 3 is 2.83 bits per heavy atom. The Morgan fingerprint density at radius 1 is 1.29 bits per heavy atom. The summed E-state index contributed by atoms with van der Waals surface area (Å²) in [6, 6.07) is 0. The molecule has 0 amide bonds. The fourth-order valence-electron chi connectivity index (χ4n) is 10.5. The number of carboxylic acids is 1. The highest BCUT2D eigenvalue weighted by atomic mass is 16.5. The zero-order chi connectivity index (χ0) is 28.8. The van der Waals surface area contributed by atoms with Gasteiger partial charge >= 0.3 is 0 Å². The molecule has 0 aromatic rings. The highest BCUT2D eigenvalue weighted by Gasteiger charge is 2.77. The molecule has 6 rings (SSSR count). The van der Waals surface area contributed by atoms with Crippen LogP contribution in [0.2, 0.25) is 0 Å². The van der Waals surface area contributed by atoms with Crippen LogP contribution in [0.25, 0.3) is 0 Å². The number of allylic oxidation sites excluding steroid dienone is 1. The number of fused-ring (bicyclic) bond motifs is 1. The molecule has 226 valence electrons. The molecule has 0 aromatic heterocycles. The van der Waals surface area contributed by atoms with E-state index in [0.717, 1.165) is 69.7 Å². The molecular weight excluding hydrogens is 520 g/mol. The largest absolute Gasteiger partial charge is 0.545 e. The lowest BCUT2D eigenvalue weighted by Gasteiger charge is -2.62. The number of nitrogens with zero attached hydrogens (tertiary/aromatic N) is 1. The van der Waals surface area contributed by atoms with Crippen LogP contribution in [0.1, 0.15) is 64.7 Å². The van der Waals surface area contributed by atoms with Gasteiger partial charge in [-0.05, 0) is 56.4 Å². The van der Waals surface area contributed by atoms with Crippen LogP contribution in [0.4, 0.5) is 0 Å². The summed E-state index contributed by atoms with van der Waals surface area (Å²) in [7, 11) is 1.83. The third kappa shape index (κ3) is 4.48. The van der Waals surface area contributed by atoms with Gasteiger partial charge in [0.1, 0.15) is 5.60 Å². The number of piperidine rings is 1. The molecule has 5 bridgehead atoms. The Bertz CT molecular complexity index is 1150. The third-order valence-corrected chi connectivity index (χ3v) is 11.9. The first-order chi connectivity index (χ1) is 19.8. The van der Waals surface area contributed by atoms with Crippen molar-refractivity contribution in [2.45, 2.75) is 76.4 Å². The lowest BCUT2D eigenvalue weighted by molar-refractivity contribution is -0.830. The molecule has 9 nitrogen and oxygen atoms in total. The predicted molar refractivity (Wildman–Crippen MR) is 153 cm³/mol. The van der Waals surface area contributed by atoms with E-state index >= 15 is 0 Å². The van der Waals surface area contributed by atoms with Crippen LogP contribution in [0, 0.1) is 46.3 Å². The van der Waals surface area contributed by atoms with E-state index in [0.29, 0.717) is 25.9 Å². The second-order valence-corrected chi connectivity index (χ2v) is 13.7. The molecule has 1 saturated heterocycles. The van der Waals surface area contributed by atoms with Crippen molar-refractivity contribution in [1.29, 1.82) is 0 Å². The molecule has 5 N–H and O–H groups in total. The first-order valence-electron chi connectivity index (χ1n) is 16.0. The van der Waals surface area contributed by atoms with Crippen molar-refractivity contribution < 1.29 is 29.8 Å². The molecule has 0 radical (unpaired) electrons. The van der Waals surface area contributed by atoms with E-state index in [2.05, 4.69) is 34.4 Å². The van der Waals surface area contributed by atoms with Gasteiger partial charge in [0.2, 0.25) is 0 Å². The van der Waals surface area contributed by atoms with Crippen LogP contribution in [-0.2, 0) is 9.53 Å². The van der Waals surface area contributed by atoms with E-state index in [-0.39, 0.29) is 54.0 Å². The third-order valence-electron chi connectivity index (χ3n) is 11.9. The Morgan fingerprint density at radius 2 is 2.10 bits per heavy atom. The molecule has 2 heterocycles. The van der Waals surface area contributed by atoms with Gasteiger partial charge in [-0.2, -0.15) is 0 Å². The van der Waals surface area contributed by atoms with Gasteiger partial charge in [-0.25, -0.2) is 4.99 Å². The maximum atomic E-state index is 13.0. The summed E-state index contributed by atoms with van der Waals surface area (Å²) in [5.41, 5.74) is -1.36. The highest BCUT2D eigenvalue weighted by molar-refractivity contribution is 5.90. The number of nitrogens with one attached hydrogen (secondary N) is 3. The van der Waals surface area contributed by atoms with Gasteiger partial charge in [0, 0.05) is 42.3 Å². The van der Waals surface area contributed by atoms with E-state index < -0.39 is 17.0 Å². The molecule has 1 unspecified atom stereocenters. The Labute approximate surface area is 244 Å². The Hall–Kier alpha value is -1.96. The topological polar surface area (TPSA) is 131 Å². The molecule has 2 aliphatic heterocycles. The minimum atomic E-state index is -1.58. The van der Waals surface area contributed by atoms with Gasteiger partial charge in [0.05, 0.1) is 44.9 Å². The summed E-state index contributed by atoms with van der Waals surface area (Å²) >= 11 is 0. The number of quaternary nitrogens is 1. The maximum Gasteiger partial charge on any atom is 0.296 e. The van der Waals surface area contributed by atoms with Crippen LogP contribution < -0.4 is 20.6 Å². The maximum absolute atomic E-state index is 13.0. The molecule has 3 saturated carbocycles. The lowest BCUT2D eigenvalue weighted by Crippen LogP contribution is -3.19. The normalized spacial score (nSPS) is 42.8. The Kier molecular flexibility index (Phi) is 8.01. The van der Waals surface area contributed by atoms with Crippen molar-refractivity contribution in [2.24, 2.45) is 39.5 Å². The van der Waals surface area contributed by atoms with Crippen molar-refractivity contribution in [3.63, 3.8) is 0 Å². The number of carbonyl (C=O) groups excluding carboxylic acids is 1. The molecule has 4 aliphatic carbocycles. The quantitative estimate of drug-likeness (QED) is 0.192. The highest BCUT2D eigenvalue weighted by Crippen LogP contribution is 2.77. The van der Waals surface area contributed by atoms with E-state index in [1.807, 2.05) is 7.05 Å². The van der Waals surface area contributed by atoms with Crippen LogP contribution >= 0.6 is 0 Å². The second kappa shape index (κ2) is 11.3. The minimum Gasteiger partial charge on any atom is -0.545 e. The van der Waals surface area contributed by atoms with Crippen molar-refractivity contribution in [3.8, 4) is 11.8 Å². The van der Waals surface area contributed by atoms with E-state index in [1.165, 1.54) is 11.3 Å². The molecular formula is C32H48N4O5. The molecule has 41 heavy (non-hydrogen) atoms. The minimum absolute atomic E-state index is 0.0101. The van der Waals surface area contributed by atoms with Crippen LogP contribution in [-0.4, -0.2) is 86.8 Å². The predicted octanol–water partition coefficient (Wildman–Crippen LogP) is -0.755. The molecule has 8 atom stereocenters. The van der Waals surface area contributed by atoms with E-state index in [9.17, 15) is 20.1 Å². The van der Waals surface area contributed by atoms with Crippen LogP contribution in [0.5, 0.6) is 0 Å². The molecule has 0 aromatic carbocycles. The number of hydrogen-bond donors (Lipinski definition) is 5. The Balaban J connectivity index is 1.49. The number of aliphatic carboxylic acids is 1. The number of aliphatic hydroxyl groups excluding tert-OH is 1. The van der Waals surface area contributed by atoms with Gasteiger partial charge in [0.25, 0.3) is 5.96 Å². The van der Waals surface area contributed by atoms with Gasteiger partial charge in [0.15, 0.2) is 0 Å². The van der Waals surface area contributed by atoms with Gasteiger partial charge in [-0.3, -0.25) is 4.90 Å². The lowest BCUT2D eigenvalue weighted by atomic mass is 9.43. The number of ether oxygens (including phenoxy) is 1. The fraction of sp³-hybridized carbons (Fsp3) is 0.812. The molecule has 2 spiro atoms. The SMILES string of the molecule is CN=C1NCC#C[C@@H]2C[C@@H](C)[C@@]34C[C@](O)(COC5CCCCC5)C(C(=O)[O-])=C3C[C@@H]2[C@@]42C[NH+]1CC[C@@H]2CNCCO. The second-order valence-electron chi connectivity index (χ2n) is 13.7. The summed E-state index contributed by atoms with van der Waals surface area (Å²) in [5, 5.41) is 41.9. The number of aliphatic hydroxyl groups is 2. The first kappa shape index (κ1) is 29.1. The number of hydrogen-bond acceptors (Lipinski definition) is 7. The molecule has 6 aliphatic rings. The van der Waals surface area contributed by atoms with E-state index in [4.69, 9.17) is 4.74 Å². The standard InChI is InChI=1S/C32H48N4O5/c1-21-15-22-7-6-11-35-29(33-2)36-13-10-23(17-34-12-14-37)32(19-36)25(22)16-26-27(28(38)39)30(40,18-31(21,26)32)20-41-24-8-4-3-5-9-24/h21-25,34,37,40H,3-5,8-20H2,1-2H3,(H,33,35)(H,38,39)/t21-,22-,23-,25+,30+,31+,32+/m1/s1. The zero-order valence-electron chi connectivity index (χ0n) is 24.8. The van der Waals surface area contributed by atoms with Gasteiger partial charge in [-0.1, -0.05) is 43.6 Å². The summed E-state index contributed by atoms with van der Waals surface area (Å²) in [4.78, 5) is 18.9. The molecule has 9 heteroatoms. The number of aliphatic imine (C=N–C) groups is 1. The monoisotopic (exact) mass is 568 g/mol. The summed E-state index contributed by atoms with van der Waals surface area (Å²) < 4.78 is 6.34. The first-order valence-corrected chi connectivity index (χ1v) is 16.0. The summed E-state index contributed by atoms with van der Waals surface area (Å²) in [6.45, 7) is 5.91. The van der Waals surface area contributed by atoms with Crippen molar-refractivity contribution in [1.82, 2.24) is 10.6 Å².